The number of nitrogens with one attached hydrogen (secondary N) is 1. The maximum atomic E-state index is 12.5. The zero-order chi connectivity index (χ0) is 21.2. The predicted molar refractivity (Wildman–Crippen MR) is 111 cm³/mol. The van der Waals surface area contributed by atoms with Crippen molar-refractivity contribution in [1.82, 2.24) is 20.0 Å². The number of anilines is 1. The van der Waals surface area contributed by atoms with Crippen molar-refractivity contribution in [2.75, 3.05) is 11.9 Å². The van der Waals surface area contributed by atoms with Gasteiger partial charge in [0, 0.05) is 11.0 Å². The molecule has 0 radical (unpaired) electrons. The quantitative estimate of drug-likeness (QED) is 0.640. The van der Waals surface area contributed by atoms with Crippen LogP contribution in [0, 0.1) is 6.92 Å². The molecule has 0 fully saturated rings. The number of nitrogens with zero attached hydrogens (tertiary/aromatic N) is 4. The molecule has 1 amide bonds. The van der Waals surface area contributed by atoms with Crippen LogP contribution in [0.15, 0.2) is 30.5 Å². The van der Waals surface area contributed by atoms with Crippen molar-refractivity contribution in [3.05, 3.63) is 52.3 Å². The van der Waals surface area contributed by atoms with E-state index in [4.69, 9.17) is 4.74 Å². The van der Waals surface area contributed by atoms with Crippen molar-refractivity contribution < 1.29 is 14.3 Å². The number of aromatic nitrogens is 4. The number of hydrogen-bond donors (Lipinski definition) is 1. The normalized spacial score (nSPS) is 11.3. The highest BCUT2D eigenvalue weighted by Gasteiger charge is 2.20. The molecule has 1 aromatic carbocycles. The average molecular weight is 414 g/mol. The largest absolute Gasteiger partial charge is 0.462 e. The Balaban J connectivity index is 1.74. The highest BCUT2D eigenvalue weighted by molar-refractivity contribution is 7.15. The summed E-state index contributed by atoms with van der Waals surface area (Å²) in [6.45, 7) is 9.99. The Morgan fingerprint density at radius 3 is 2.45 bits per heavy atom. The minimum absolute atomic E-state index is 0.119. The third kappa shape index (κ3) is 4.51. The summed E-state index contributed by atoms with van der Waals surface area (Å²) in [5.41, 5.74) is 2.19. The summed E-state index contributed by atoms with van der Waals surface area (Å²) in [6, 6.07) is 6.93. The molecule has 1 N–H and O–H groups in total. The zero-order valence-electron chi connectivity index (χ0n) is 17.0. The fourth-order valence-electron chi connectivity index (χ4n) is 2.58. The van der Waals surface area contributed by atoms with E-state index < -0.39 is 5.97 Å². The second-order valence-corrected chi connectivity index (χ2v) is 8.42. The standard InChI is InChI=1S/C20H23N5O3S/c1-6-28-17(27)15-11-21-25(12(15)2)14-9-7-13(8-10-14)16(26)22-19-24-23-18(29-19)20(3,4)5/h7-11H,6H2,1-5H3,(H,22,24,26). The lowest BCUT2D eigenvalue weighted by molar-refractivity contribution is 0.0525. The maximum Gasteiger partial charge on any atom is 0.341 e. The number of rotatable bonds is 5. The van der Waals surface area contributed by atoms with Crippen LogP contribution in [-0.2, 0) is 10.2 Å². The lowest BCUT2D eigenvalue weighted by Gasteiger charge is -2.12. The first kappa shape index (κ1) is 20.7. The van der Waals surface area contributed by atoms with E-state index in [1.165, 1.54) is 17.5 Å². The highest BCUT2D eigenvalue weighted by Crippen LogP contribution is 2.28. The first-order valence-electron chi connectivity index (χ1n) is 9.18. The molecule has 9 heteroatoms. The molecule has 0 saturated carbocycles. The molecule has 2 heterocycles. The second-order valence-electron chi connectivity index (χ2n) is 7.44. The molecule has 0 atom stereocenters. The van der Waals surface area contributed by atoms with Gasteiger partial charge in [0.25, 0.3) is 5.91 Å². The summed E-state index contributed by atoms with van der Waals surface area (Å²) >= 11 is 1.36. The summed E-state index contributed by atoms with van der Waals surface area (Å²) in [7, 11) is 0. The molecule has 0 unspecified atom stereocenters. The van der Waals surface area contributed by atoms with Gasteiger partial charge in [0.05, 0.1) is 24.2 Å². The molecule has 3 aromatic rings. The number of benzene rings is 1. The molecule has 0 aliphatic heterocycles. The fourth-order valence-corrected chi connectivity index (χ4v) is 3.38. The van der Waals surface area contributed by atoms with Gasteiger partial charge in [-0.2, -0.15) is 5.10 Å². The van der Waals surface area contributed by atoms with Crippen molar-refractivity contribution in [3.63, 3.8) is 0 Å². The Morgan fingerprint density at radius 2 is 1.86 bits per heavy atom. The molecule has 0 aliphatic carbocycles. The van der Waals surface area contributed by atoms with Gasteiger partial charge in [0.1, 0.15) is 10.6 Å². The van der Waals surface area contributed by atoms with Crippen molar-refractivity contribution in [2.45, 2.75) is 40.0 Å². The van der Waals surface area contributed by atoms with Crippen molar-refractivity contribution >= 4 is 28.3 Å². The maximum absolute atomic E-state index is 12.5. The van der Waals surface area contributed by atoms with Crippen LogP contribution in [0.5, 0.6) is 0 Å². The van der Waals surface area contributed by atoms with Crippen LogP contribution in [0.1, 0.15) is 59.1 Å². The van der Waals surface area contributed by atoms with Crippen LogP contribution in [0.2, 0.25) is 0 Å². The van der Waals surface area contributed by atoms with Gasteiger partial charge in [-0.25, -0.2) is 9.48 Å². The van der Waals surface area contributed by atoms with Gasteiger partial charge in [0.15, 0.2) is 0 Å². The van der Waals surface area contributed by atoms with Crippen LogP contribution < -0.4 is 5.32 Å². The first-order chi connectivity index (χ1) is 13.7. The number of carbonyl (C=O) groups is 2. The molecule has 2 aromatic heterocycles. The van der Waals surface area contributed by atoms with E-state index in [1.807, 2.05) is 20.8 Å². The molecule has 0 bridgehead atoms. The SMILES string of the molecule is CCOC(=O)c1cnn(-c2ccc(C(=O)Nc3nnc(C(C)(C)C)s3)cc2)c1C. The summed E-state index contributed by atoms with van der Waals surface area (Å²) in [5, 5.41) is 16.5. The Bertz CT molecular complexity index is 1030. The Hall–Kier alpha value is -3.07. The summed E-state index contributed by atoms with van der Waals surface area (Å²) in [5.74, 6) is -0.670. The van der Waals surface area contributed by atoms with Gasteiger partial charge in [-0.15, -0.1) is 10.2 Å². The van der Waals surface area contributed by atoms with Gasteiger partial charge in [0.2, 0.25) is 5.13 Å². The third-order valence-corrected chi connectivity index (χ3v) is 5.43. The molecule has 0 aliphatic rings. The van der Waals surface area contributed by atoms with E-state index in [0.29, 0.717) is 28.6 Å². The van der Waals surface area contributed by atoms with E-state index >= 15 is 0 Å². The van der Waals surface area contributed by atoms with Crippen LogP contribution in [0.4, 0.5) is 5.13 Å². The van der Waals surface area contributed by atoms with Crippen molar-refractivity contribution in [2.24, 2.45) is 0 Å². The van der Waals surface area contributed by atoms with Crippen LogP contribution in [0.25, 0.3) is 5.69 Å². The van der Waals surface area contributed by atoms with Gasteiger partial charge >= 0.3 is 5.97 Å². The molecule has 152 valence electrons. The van der Waals surface area contributed by atoms with Crippen LogP contribution >= 0.6 is 11.3 Å². The predicted octanol–water partition coefficient (Wildman–Crippen LogP) is 3.76. The zero-order valence-corrected chi connectivity index (χ0v) is 17.8. The molecule has 0 saturated heterocycles. The van der Waals surface area contributed by atoms with Crippen molar-refractivity contribution in [1.29, 1.82) is 0 Å². The lowest BCUT2D eigenvalue weighted by Crippen LogP contribution is -2.12. The smallest absolute Gasteiger partial charge is 0.341 e. The molecule has 29 heavy (non-hydrogen) atoms. The number of amides is 1. The summed E-state index contributed by atoms with van der Waals surface area (Å²) < 4.78 is 6.67. The van der Waals surface area contributed by atoms with Gasteiger partial charge < -0.3 is 4.74 Å². The highest BCUT2D eigenvalue weighted by atomic mass is 32.1. The van der Waals surface area contributed by atoms with E-state index in [9.17, 15) is 9.59 Å². The number of esters is 1. The van der Waals surface area contributed by atoms with E-state index in [1.54, 1.807) is 42.8 Å². The number of hydrogen-bond acceptors (Lipinski definition) is 7. The minimum atomic E-state index is -0.404. The summed E-state index contributed by atoms with van der Waals surface area (Å²) in [6.07, 6.45) is 1.48. The number of carbonyl (C=O) groups excluding carboxylic acids is 2. The third-order valence-electron chi connectivity index (χ3n) is 4.17. The Labute approximate surface area is 172 Å². The molecule has 0 spiro atoms. The topological polar surface area (TPSA) is 99.0 Å². The van der Waals surface area contributed by atoms with Gasteiger partial charge in [-0.3, -0.25) is 10.1 Å². The Morgan fingerprint density at radius 1 is 1.17 bits per heavy atom. The van der Waals surface area contributed by atoms with Gasteiger partial charge in [-0.1, -0.05) is 32.1 Å². The van der Waals surface area contributed by atoms with Gasteiger partial charge in [-0.05, 0) is 38.1 Å². The number of ether oxygens (including phenoxy) is 1. The summed E-state index contributed by atoms with van der Waals surface area (Å²) in [4.78, 5) is 24.4. The molecule has 3 rings (SSSR count). The average Bonchev–Trinajstić information content (AvgIpc) is 3.28. The minimum Gasteiger partial charge on any atom is -0.462 e. The Kier molecular flexibility index (Phi) is 5.78. The second kappa shape index (κ2) is 8.12. The fraction of sp³-hybridized carbons (Fsp3) is 0.350. The monoisotopic (exact) mass is 413 g/mol. The van der Waals surface area contributed by atoms with Crippen LogP contribution in [-0.4, -0.2) is 38.5 Å². The first-order valence-corrected chi connectivity index (χ1v) is 10.00. The van der Waals surface area contributed by atoms with Crippen LogP contribution in [0.3, 0.4) is 0 Å². The molecule has 8 nitrogen and oxygen atoms in total. The van der Waals surface area contributed by atoms with E-state index in [0.717, 1.165) is 10.7 Å². The van der Waals surface area contributed by atoms with E-state index in [2.05, 4.69) is 20.6 Å². The van der Waals surface area contributed by atoms with Crippen molar-refractivity contribution in [3.8, 4) is 5.69 Å². The van der Waals surface area contributed by atoms with E-state index in [-0.39, 0.29) is 11.3 Å². The molecular formula is C20H23N5O3S. The molecular weight excluding hydrogens is 390 g/mol. The lowest BCUT2D eigenvalue weighted by atomic mass is 9.98.